The fourth-order valence-corrected chi connectivity index (χ4v) is 1.73. The van der Waals surface area contributed by atoms with Gasteiger partial charge < -0.3 is 4.74 Å². The fraction of sp³-hybridized carbons (Fsp3) is 0.929. The molecular formula is C14H28O2. The Bertz CT molecular complexity index is 203. The first kappa shape index (κ1) is 15.5. The van der Waals surface area contributed by atoms with Gasteiger partial charge in [0, 0.05) is 6.42 Å². The molecule has 0 aromatic heterocycles. The van der Waals surface area contributed by atoms with Crippen LogP contribution in [-0.2, 0) is 9.53 Å². The van der Waals surface area contributed by atoms with E-state index in [4.69, 9.17) is 4.74 Å². The van der Waals surface area contributed by atoms with Gasteiger partial charge in [-0.15, -0.1) is 0 Å². The number of carbonyl (C=O) groups is 1. The van der Waals surface area contributed by atoms with Crippen molar-refractivity contribution in [2.75, 3.05) is 0 Å². The van der Waals surface area contributed by atoms with Crippen LogP contribution < -0.4 is 0 Å². The number of rotatable bonds is 5. The van der Waals surface area contributed by atoms with E-state index in [0.29, 0.717) is 18.3 Å². The van der Waals surface area contributed by atoms with Crippen LogP contribution in [0.5, 0.6) is 0 Å². The number of esters is 1. The van der Waals surface area contributed by atoms with Gasteiger partial charge in [-0.1, -0.05) is 48.5 Å². The second-order valence-corrected chi connectivity index (χ2v) is 6.50. The summed E-state index contributed by atoms with van der Waals surface area (Å²) in [6.07, 6.45) is 1.46. The average molecular weight is 228 g/mol. The monoisotopic (exact) mass is 228 g/mol. The van der Waals surface area contributed by atoms with Gasteiger partial charge in [0.15, 0.2) is 0 Å². The van der Waals surface area contributed by atoms with Crippen molar-refractivity contribution in [3.05, 3.63) is 0 Å². The molecule has 2 nitrogen and oxygen atoms in total. The van der Waals surface area contributed by atoms with Crippen LogP contribution in [0.25, 0.3) is 0 Å². The highest BCUT2D eigenvalue weighted by atomic mass is 16.5. The van der Waals surface area contributed by atoms with E-state index in [1.54, 1.807) is 0 Å². The van der Waals surface area contributed by atoms with Gasteiger partial charge >= 0.3 is 5.97 Å². The van der Waals surface area contributed by atoms with E-state index in [2.05, 4.69) is 48.5 Å². The van der Waals surface area contributed by atoms with Crippen molar-refractivity contribution in [1.29, 1.82) is 0 Å². The molecule has 0 amide bonds. The predicted molar refractivity (Wildman–Crippen MR) is 68.2 cm³/mol. The van der Waals surface area contributed by atoms with Crippen molar-refractivity contribution in [2.24, 2.45) is 17.3 Å². The maximum atomic E-state index is 11.7. The lowest BCUT2D eigenvalue weighted by Gasteiger charge is -2.25. The molecule has 0 saturated heterocycles. The van der Waals surface area contributed by atoms with Crippen molar-refractivity contribution in [3.63, 3.8) is 0 Å². The summed E-state index contributed by atoms with van der Waals surface area (Å²) in [5.41, 5.74) is 0.199. The smallest absolute Gasteiger partial charge is 0.306 e. The lowest BCUT2D eigenvalue weighted by atomic mass is 9.90. The summed E-state index contributed by atoms with van der Waals surface area (Å²) >= 11 is 0. The zero-order valence-corrected chi connectivity index (χ0v) is 12.0. The zero-order valence-electron chi connectivity index (χ0n) is 12.0. The third kappa shape index (κ3) is 6.86. The van der Waals surface area contributed by atoms with E-state index < -0.39 is 0 Å². The molecule has 96 valence electrons. The summed E-state index contributed by atoms with van der Waals surface area (Å²) < 4.78 is 5.53. The first-order chi connectivity index (χ1) is 7.13. The Morgan fingerprint density at radius 2 is 1.50 bits per heavy atom. The van der Waals surface area contributed by atoms with E-state index >= 15 is 0 Å². The standard InChI is InChI=1S/C14H28O2/c1-10(2)13(11(3)4)16-12(15)8-9-14(5,6)7/h10-11,13H,8-9H2,1-7H3. The van der Waals surface area contributed by atoms with Gasteiger partial charge in [0.1, 0.15) is 6.10 Å². The Morgan fingerprint density at radius 1 is 1.06 bits per heavy atom. The molecule has 0 spiro atoms. The first-order valence-corrected chi connectivity index (χ1v) is 6.33. The molecule has 0 saturated carbocycles. The summed E-state index contributed by atoms with van der Waals surface area (Å²) in [5.74, 6) is 0.722. The van der Waals surface area contributed by atoms with E-state index in [1.807, 2.05) is 0 Å². The van der Waals surface area contributed by atoms with Gasteiger partial charge in [-0.05, 0) is 23.7 Å². The molecule has 0 aliphatic rings. The Labute approximate surface area is 101 Å². The third-order valence-corrected chi connectivity index (χ3v) is 2.66. The highest BCUT2D eigenvalue weighted by Crippen LogP contribution is 2.22. The molecule has 0 aromatic carbocycles. The molecule has 2 heteroatoms. The molecule has 0 radical (unpaired) electrons. The summed E-state index contributed by atoms with van der Waals surface area (Å²) in [6.45, 7) is 14.8. The number of carbonyl (C=O) groups excluding carboxylic acids is 1. The second kappa shape index (κ2) is 6.27. The van der Waals surface area contributed by atoms with Crippen molar-refractivity contribution in [1.82, 2.24) is 0 Å². The minimum absolute atomic E-state index is 0.0486. The van der Waals surface area contributed by atoms with Crippen molar-refractivity contribution in [3.8, 4) is 0 Å². The van der Waals surface area contributed by atoms with E-state index in [9.17, 15) is 4.79 Å². The highest BCUT2D eigenvalue weighted by Gasteiger charge is 2.22. The Balaban J connectivity index is 4.11. The maximum Gasteiger partial charge on any atom is 0.306 e. The normalized spacial score (nSPS) is 12.6. The van der Waals surface area contributed by atoms with Gasteiger partial charge in [-0.2, -0.15) is 0 Å². The minimum atomic E-state index is -0.0534. The SMILES string of the molecule is CC(C)C(OC(=O)CCC(C)(C)C)C(C)C. The number of hydrogen-bond acceptors (Lipinski definition) is 2. The van der Waals surface area contributed by atoms with Gasteiger partial charge in [0.05, 0.1) is 0 Å². The van der Waals surface area contributed by atoms with Crippen LogP contribution in [0.4, 0.5) is 0 Å². The van der Waals surface area contributed by atoms with Crippen LogP contribution in [-0.4, -0.2) is 12.1 Å². The summed E-state index contributed by atoms with van der Waals surface area (Å²) in [7, 11) is 0. The predicted octanol–water partition coefficient (Wildman–Crippen LogP) is 4.04. The summed E-state index contributed by atoms with van der Waals surface area (Å²) in [6, 6.07) is 0. The minimum Gasteiger partial charge on any atom is -0.462 e. The largest absolute Gasteiger partial charge is 0.462 e. The van der Waals surface area contributed by atoms with Crippen molar-refractivity contribution >= 4 is 5.97 Å². The maximum absolute atomic E-state index is 11.7. The first-order valence-electron chi connectivity index (χ1n) is 6.33. The van der Waals surface area contributed by atoms with Crippen molar-refractivity contribution in [2.45, 2.75) is 67.4 Å². The number of ether oxygens (including phenoxy) is 1. The topological polar surface area (TPSA) is 26.3 Å². The molecule has 0 rings (SSSR count). The summed E-state index contributed by atoms with van der Waals surface area (Å²) in [5, 5.41) is 0. The molecule has 0 atom stereocenters. The van der Waals surface area contributed by atoms with Crippen LogP contribution in [0.3, 0.4) is 0 Å². The molecule has 0 aliphatic heterocycles. The zero-order chi connectivity index (χ0) is 12.9. The van der Waals surface area contributed by atoms with Gasteiger partial charge in [0.25, 0.3) is 0 Å². The Morgan fingerprint density at radius 3 is 1.81 bits per heavy atom. The second-order valence-electron chi connectivity index (χ2n) is 6.50. The molecule has 0 aromatic rings. The molecule has 0 bridgehead atoms. The Kier molecular flexibility index (Phi) is 6.06. The van der Waals surface area contributed by atoms with E-state index in [-0.39, 0.29) is 17.5 Å². The molecule has 0 fully saturated rings. The van der Waals surface area contributed by atoms with E-state index in [1.165, 1.54) is 0 Å². The fourth-order valence-electron chi connectivity index (χ4n) is 1.73. The molecule has 0 aliphatic carbocycles. The van der Waals surface area contributed by atoms with Gasteiger partial charge in [-0.3, -0.25) is 4.79 Å². The van der Waals surface area contributed by atoms with Crippen LogP contribution in [0, 0.1) is 17.3 Å². The van der Waals surface area contributed by atoms with Crippen molar-refractivity contribution < 1.29 is 9.53 Å². The number of hydrogen-bond donors (Lipinski definition) is 0. The van der Waals surface area contributed by atoms with Crippen LogP contribution in [0.2, 0.25) is 0 Å². The quantitative estimate of drug-likeness (QED) is 0.664. The average Bonchev–Trinajstić information content (AvgIpc) is 2.08. The molecule has 0 unspecified atom stereocenters. The molecule has 16 heavy (non-hydrogen) atoms. The lowest BCUT2D eigenvalue weighted by molar-refractivity contribution is -0.154. The van der Waals surface area contributed by atoms with Crippen LogP contribution in [0.1, 0.15) is 61.3 Å². The molecule has 0 heterocycles. The summed E-state index contributed by atoms with van der Waals surface area (Å²) in [4.78, 5) is 11.7. The highest BCUT2D eigenvalue weighted by molar-refractivity contribution is 5.69. The third-order valence-electron chi connectivity index (χ3n) is 2.66. The van der Waals surface area contributed by atoms with E-state index in [0.717, 1.165) is 6.42 Å². The lowest BCUT2D eigenvalue weighted by Crippen LogP contribution is -2.29. The van der Waals surface area contributed by atoms with Gasteiger partial charge in [-0.25, -0.2) is 0 Å². The van der Waals surface area contributed by atoms with Crippen LogP contribution >= 0.6 is 0 Å². The molecule has 0 N–H and O–H groups in total. The Hall–Kier alpha value is -0.530. The van der Waals surface area contributed by atoms with Crippen LogP contribution in [0.15, 0.2) is 0 Å². The molecular weight excluding hydrogens is 200 g/mol. The van der Waals surface area contributed by atoms with Gasteiger partial charge in [0.2, 0.25) is 0 Å².